The van der Waals surface area contributed by atoms with Gasteiger partial charge in [0.25, 0.3) is 11.8 Å². The lowest BCUT2D eigenvalue weighted by molar-refractivity contribution is -0.123. The van der Waals surface area contributed by atoms with Crippen molar-refractivity contribution in [3.05, 3.63) is 88.8 Å². The van der Waals surface area contributed by atoms with Crippen LogP contribution >= 0.6 is 0 Å². The Morgan fingerprint density at radius 2 is 1.67 bits per heavy atom. The molecule has 0 saturated carbocycles. The van der Waals surface area contributed by atoms with Crippen molar-refractivity contribution in [3.8, 4) is 11.5 Å². The van der Waals surface area contributed by atoms with Crippen LogP contribution in [0.1, 0.15) is 37.7 Å². The first kappa shape index (κ1) is 24.5. The van der Waals surface area contributed by atoms with Gasteiger partial charge in [-0.3, -0.25) is 14.9 Å². The number of amides is 2. The van der Waals surface area contributed by atoms with Crippen LogP contribution in [-0.2, 0) is 16.1 Å². The fourth-order valence-electron chi connectivity index (χ4n) is 3.54. The molecule has 0 fully saturated rings. The SMILES string of the molecule is COc1ccc(C(=O)NC(=O)COC(=O)c2cc3ccccc3cc2OCc2c(C)noc2C)cc1. The van der Waals surface area contributed by atoms with Crippen molar-refractivity contribution in [2.75, 3.05) is 13.7 Å². The summed E-state index contributed by atoms with van der Waals surface area (Å²) >= 11 is 0. The highest BCUT2D eigenvalue weighted by Gasteiger charge is 2.19. The molecule has 0 radical (unpaired) electrons. The number of rotatable bonds is 8. The Bertz CT molecular complexity index is 1400. The molecule has 4 rings (SSSR count). The third-order valence-corrected chi connectivity index (χ3v) is 5.56. The van der Waals surface area contributed by atoms with Crippen molar-refractivity contribution in [1.29, 1.82) is 0 Å². The molecule has 9 heteroatoms. The smallest absolute Gasteiger partial charge is 0.342 e. The second-order valence-corrected chi connectivity index (χ2v) is 7.97. The van der Waals surface area contributed by atoms with Gasteiger partial charge >= 0.3 is 5.97 Å². The number of methoxy groups -OCH3 is 1. The van der Waals surface area contributed by atoms with Gasteiger partial charge in [-0.05, 0) is 61.0 Å². The summed E-state index contributed by atoms with van der Waals surface area (Å²) in [6.45, 7) is 3.07. The van der Waals surface area contributed by atoms with Gasteiger partial charge in [-0.15, -0.1) is 0 Å². The van der Waals surface area contributed by atoms with Gasteiger partial charge in [-0.2, -0.15) is 0 Å². The third-order valence-electron chi connectivity index (χ3n) is 5.56. The van der Waals surface area contributed by atoms with E-state index in [0.29, 0.717) is 17.2 Å². The number of nitrogens with zero attached hydrogens (tertiary/aromatic N) is 1. The molecule has 0 bridgehead atoms. The molecule has 0 atom stereocenters. The summed E-state index contributed by atoms with van der Waals surface area (Å²) in [5.74, 6) is -0.656. The molecule has 1 aromatic heterocycles. The Morgan fingerprint density at radius 1 is 0.972 bits per heavy atom. The maximum absolute atomic E-state index is 12.9. The number of carbonyl (C=O) groups excluding carboxylic acids is 3. The van der Waals surface area contributed by atoms with E-state index < -0.39 is 24.4 Å². The maximum Gasteiger partial charge on any atom is 0.342 e. The highest BCUT2D eigenvalue weighted by molar-refractivity contribution is 6.06. The second kappa shape index (κ2) is 10.7. The number of esters is 1. The molecule has 2 amide bonds. The normalized spacial score (nSPS) is 10.6. The van der Waals surface area contributed by atoms with Gasteiger partial charge in [-0.1, -0.05) is 29.4 Å². The number of nitrogens with one attached hydrogen (secondary N) is 1. The predicted octanol–water partition coefficient (Wildman–Crippen LogP) is 4.15. The van der Waals surface area contributed by atoms with Crippen molar-refractivity contribution in [2.45, 2.75) is 20.5 Å². The van der Waals surface area contributed by atoms with E-state index in [-0.39, 0.29) is 23.5 Å². The molecule has 9 nitrogen and oxygen atoms in total. The lowest BCUT2D eigenvalue weighted by Crippen LogP contribution is -2.34. The van der Waals surface area contributed by atoms with Crippen LogP contribution in [0.15, 0.2) is 65.2 Å². The molecule has 0 spiro atoms. The zero-order valence-electron chi connectivity index (χ0n) is 20.0. The summed E-state index contributed by atoms with van der Waals surface area (Å²) in [6, 6.07) is 17.1. The number of benzene rings is 3. The molecule has 3 aromatic carbocycles. The quantitative estimate of drug-likeness (QED) is 0.368. The van der Waals surface area contributed by atoms with Gasteiger partial charge in [0.1, 0.15) is 29.4 Å². The van der Waals surface area contributed by atoms with E-state index >= 15 is 0 Å². The Labute approximate surface area is 206 Å². The van der Waals surface area contributed by atoms with Crippen LogP contribution < -0.4 is 14.8 Å². The minimum absolute atomic E-state index is 0.136. The zero-order valence-corrected chi connectivity index (χ0v) is 20.0. The Balaban J connectivity index is 1.46. The van der Waals surface area contributed by atoms with E-state index in [1.54, 1.807) is 38.1 Å². The molecule has 0 saturated heterocycles. The van der Waals surface area contributed by atoms with Crippen LogP contribution in [0.4, 0.5) is 0 Å². The van der Waals surface area contributed by atoms with Crippen LogP contribution in [0.5, 0.6) is 11.5 Å². The van der Waals surface area contributed by atoms with Gasteiger partial charge in [-0.25, -0.2) is 4.79 Å². The van der Waals surface area contributed by atoms with Crippen molar-refractivity contribution >= 4 is 28.6 Å². The first-order chi connectivity index (χ1) is 17.4. The molecular weight excluding hydrogens is 464 g/mol. The number of ether oxygens (including phenoxy) is 3. The van der Waals surface area contributed by atoms with E-state index in [1.165, 1.54) is 19.2 Å². The first-order valence-corrected chi connectivity index (χ1v) is 11.1. The van der Waals surface area contributed by atoms with E-state index in [2.05, 4.69) is 10.5 Å². The number of hydrogen-bond donors (Lipinski definition) is 1. The highest BCUT2D eigenvalue weighted by Crippen LogP contribution is 2.28. The Kier molecular flexibility index (Phi) is 7.29. The summed E-state index contributed by atoms with van der Waals surface area (Å²) in [5, 5.41) is 7.78. The summed E-state index contributed by atoms with van der Waals surface area (Å²) < 4.78 is 21.4. The number of hydrogen-bond acceptors (Lipinski definition) is 8. The van der Waals surface area contributed by atoms with E-state index in [4.69, 9.17) is 18.7 Å². The molecule has 0 aliphatic rings. The molecular formula is C27H24N2O7. The minimum Gasteiger partial charge on any atom is -0.497 e. The topological polar surface area (TPSA) is 117 Å². The number of fused-ring (bicyclic) bond motifs is 1. The van der Waals surface area contributed by atoms with Gasteiger partial charge < -0.3 is 18.7 Å². The summed E-state index contributed by atoms with van der Waals surface area (Å²) in [7, 11) is 1.51. The Morgan fingerprint density at radius 3 is 2.31 bits per heavy atom. The standard InChI is InChI=1S/C27H24N2O7/c1-16-23(17(2)36-29-16)14-34-24-13-20-7-5-4-6-19(20)12-22(24)27(32)35-15-25(30)28-26(31)18-8-10-21(33-3)11-9-18/h4-13H,14-15H2,1-3H3,(H,28,30,31). The Hall–Kier alpha value is -4.66. The number of carbonyl (C=O) groups is 3. The van der Waals surface area contributed by atoms with Gasteiger partial charge in [0.2, 0.25) is 0 Å². The van der Waals surface area contributed by atoms with E-state index in [9.17, 15) is 14.4 Å². The first-order valence-electron chi connectivity index (χ1n) is 11.1. The molecule has 184 valence electrons. The van der Waals surface area contributed by atoms with Gasteiger partial charge in [0.15, 0.2) is 6.61 Å². The largest absolute Gasteiger partial charge is 0.497 e. The maximum atomic E-state index is 12.9. The molecule has 0 unspecified atom stereocenters. The van der Waals surface area contributed by atoms with E-state index in [1.807, 2.05) is 24.3 Å². The lowest BCUT2D eigenvalue weighted by atomic mass is 10.1. The number of aryl methyl sites for hydroxylation is 2. The summed E-state index contributed by atoms with van der Waals surface area (Å²) in [6.07, 6.45) is 0. The molecule has 0 aliphatic carbocycles. The fourth-order valence-corrected chi connectivity index (χ4v) is 3.54. The number of imide groups is 1. The third kappa shape index (κ3) is 5.52. The van der Waals surface area contributed by atoms with Crippen molar-refractivity contribution in [2.24, 2.45) is 0 Å². The molecule has 0 aliphatic heterocycles. The number of aromatic nitrogens is 1. The second-order valence-electron chi connectivity index (χ2n) is 7.97. The van der Waals surface area contributed by atoms with Gasteiger partial charge in [0, 0.05) is 5.56 Å². The van der Waals surface area contributed by atoms with Gasteiger partial charge in [0.05, 0.1) is 18.4 Å². The van der Waals surface area contributed by atoms with Crippen LogP contribution in [0.25, 0.3) is 10.8 Å². The molecule has 4 aromatic rings. The van der Waals surface area contributed by atoms with Crippen LogP contribution in [0.2, 0.25) is 0 Å². The fraction of sp³-hybridized carbons (Fsp3) is 0.185. The predicted molar refractivity (Wildman–Crippen MR) is 130 cm³/mol. The summed E-state index contributed by atoms with van der Waals surface area (Å²) in [5.41, 5.74) is 1.88. The average Bonchev–Trinajstić information content (AvgIpc) is 3.22. The van der Waals surface area contributed by atoms with E-state index in [0.717, 1.165) is 16.3 Å². The van der Waals surface area contributed by atoms with Crippen LogP contribution in [0.3, 0.4) is 0 Å². The summed E-state index contributed by atoms with van der Waals surface area (Å²) in [4.78, 5) is 37.5. The average molecular weight is 488 g/mol. The van der Waals surface area contributed by atoms with Crippen molar-refractivity contribution in [3.63, 3.8) is 0 Å². The minimum atomic E-state index is -0.762. The lowest BCUT2D eigenvalue weighted by Gasteiger charge is -2.13. The van der Waals surface area contributed by atoms with Crippen LogP contribution in [0, 0.1) is 13.8 Å². The molecule has 36 heavy (non-hydrogen) atoms. The van der Waals surface area contributed by atoms with Crippen LogP contribution in [-0.4, -0.2) is 36.7 Å². The highest BCUT2D eigenvalue weighted by atomic mass is 16.5. The monoisotopic (exact) mass is 488 g/mol. The van der Waals surface area contributed by atoms with Crippen molar-refractivity contribution in [1.82, 2.24) is 10.5 Å². The molecule has 1 heterocycles. The zero-order chi connectivity index (χ0) is 25.7. The molecule has 1 N–H and O–H groups in total. The van der Waals surface area contributed by atoms with Crippen molar-refractivity contribution < 1.29 is 33.1 Å².